The lowest BCUT2D eigenvalue weighted by Gasteiger charge is -2.19. The van der Waals surface area contributed by atoms with E-state index in [9.17, 15) is 4.79 Å². The molecule has 1 aromatic rings. The van der Waals surface area contributed by atoms with Crippen LogP contribution in [0.4, 0.5) is 0 Å². The number of nitrogens with one attached hydrogen (secondary N) is 1. The van der Waals surface area contributed by atoms with E-state index in [2.05, 4.69) is 5.32 Å². The summed E-state index contributed by atoms with van der Waals surface area (Å²) in [7, 11) is 0. The number of carbonyl (C=O) groups excluding carboxylic acids is 1. The van der Waals surface area contributed by atoms with Crippen LogP contribution in [0.15, 0.2) is 18.2 Å². The van der Waals surface area contributed by atoms with Gasteiger partial charge in [0.1, 0.15) is 5.75 Å². The van der Waals surface area contributed by atoms with Crippen LogP contribution in [0, 0.1) is 13.8 Å². The molecule has 100 valence electrons. The smallest absolute Gasteiger partial charge is 0.260 e. The van der Waals surface area contributed by atoms with Gasteiger partial charge in [-0.25, -0.2) is 0 Å². The van der Waals surface area contributed by atoms with Crippen molar-refractivity contribution in [2.24, 2.45) is 0 Å². The minimum Gasteiger partial charge on any atom is -0.481 e. The average Bonchev–Trinajstić information content (AvgIpc) is 2.34. The van der Waals surface area contributed by atoms with Crippen LogP contribution in [-0.2, 0) is 4.79 Å². The number of amides is 1. The van der Waals surface area contributed by atoms with Gasteiger partial charge in [-0.05, 0) is 51.3 Å². The number of rotatable bonds is 5. The van der Waals surface area contributed by atoms with Gasteiger partial charge in [-0.1, -0.05) is 19.1 Å². The van der Waals surface area contributed by atoms with Gasteiger partial charge in [0, 0.05) is 6.04 Å². The van der Waals surface area contributed by atoms with Crippen molar-refractivity contribution in [1.82, 2.24) is 5.32 Å². The van der Waals surface area contributed by atoms with Crippen LogP contribution in [0.3, 0.4) is 0 Å². The van der Waals surface area contributed by atoms with Crippen molar-refractivity contribution in [2.75, 3.05) is 0 Å². The van der Waals surface area contributed by atoms with Crippen molar-refractivity contribution < 1.29 is 9.53 Å². The Morgan fingerprint density at radius 2 is 2.00 bits per heavy atom. The quantitative estimate of drug-likeness (QED) is 0.871. The van der Waals surface area contributed by atoms with E-state index in [0.717, 1.165) is 17.7 Å². The summed E-state index contributed by atoms with van der Waals surface area (Å²) < 4.78 is 5.72. The Morgan fingerprint density at radius 3 is 2.61 bits per heavy atom. The highest BCUT2D eigenvalue weighted by molar-refractivity contribution is 5.81. The van der Waals surface area contributed by atoms with E-state index >= 15 is 0 Å². The summed E-state index contributed by atoms with van der Waals surface area (Å²) in [6.07, 6.45) is 0.446. The third-order valence-electron chi connectivity index (χ3n) is 3.23. The second kappa shape index (κ2) is 6.43. The van der Waals surface area contributed by atoms with E-state index < -0.39 is 6.10 Å². The first kappa shape index (κ1) is 14.6. The largest absolute Gasteiger partial charge is 0.481 e. The zero-order chi connectivity index (χ0) is 13.7. The zero-order valence-corrected chi connectivity index (χ0v) is 11.9. The molecule has 1 aromatic carbocycles. The molecule has 3 nitrogen and oxygen atoms in total. The summed E-state index contributed by atoms with van der Waals surface area (Å²) >= 11 is 0. The lowest BCUT2D eigenvalue weighted by Crippen LogP contribution is -2.41. The maximum Gasteiger partial charge on any atom is 0.260 e. The maximum atomic E-state index is 11.9. The molecule has 0 saturated heterocycles. The van der Waals surface area contributed by atoms with Gasteiger partial charge in [0.25, 0.3) is 5.91 Å². The first-order valence-electron chi connectivity index (χ1n) is 6.49. The van der Waals surface area contributed by atoms with Gasteiger partial charge >= 0.3 is 0 Å². The minimum atomic E-state index is -0.473. The molecule has 0 heterocycles. The Kier molecular flexibility index (Phi) is 5.20. The van der Waals surface area contributed by atoms with Crippen molar-refractivity contribution in [2.45, 2.75) is 53.2 Å². The van der Waals surface area contributed by atoms with E-state index in [0.29, 0.717) is 0 Å². The van der Waals surface area contributed by atoms with Gasteiger partial charge < -0.3 is 10.1 Å². The first-order chi connectivity index (χ1) is 8.45. The molecule has 0 aliphatic carbocycles. The summed E-state index contributed by atoms with van der Waals surface area (Å²) in [5.41, 5.74) is 2.25. The molecule has 0 unspecified atom stereocenters. The van der Waals surface area contributed by atoms with Gasteiger partial charge in [-0.2, -0.15) is 0 Å². The van der Waals surface area contributed by atoms with Crippen LogP contribution < -0.4 is 10.1 Å². The lowest BCUT2D eigenvalue weighted by atomic mass is 10.1. The summed E-state index contributed by atoms with van der Waals surface area (Å²) in [4.78, 5) is 11.9. The Hall–Kier alpha value is -1.51. The molecule has 1 amide bonds. The normalized spacial score (nSPS) is 13.8. The number of ether oxygens (including phenoxy) is 1. The van der Waals surface area contributed by atoms with Gasteiger partial charge in [-0.15, -0.1) is 0 Å². The fraction of sp³-hybridized carbons (Fsp3) is 0.533. The molecule has 0 radical (unpaired) electrons. The third-order valence-corrected chi connectivity index (χ3v) is 3.23. The fourth-order valence-electron chi connectivity index (χ4n) is 1.56. The molecular weight excluding hydrogens is 226 g/mol. The van der Waals surface area contributed by atoms with Gasteiger partial charge in [-0.3, -0.25) is 4.79 Å². The van der Waals surface area contributed by atoms with Gasteiger partial charge in [0.2, 0.25) is 0 Å². The Labute approximate surface area is 110 Å². The molecule has 0 spiro atoms. The summed E-state index contributed by atoms with van der Waals surface area (Å²) in [6.45, 7) is 9.85. The number of hydrogen-bond acceptors (Lipinski definition) is 2. The molecular formula is C15H23NO2. The van der Waals surface area contributed by atoms with E-state index in [1.165, 1.54) is 5.56 Å². The van der Waals surface area contributed by atoms with E-state index in [-0.39, 0.29) is 11.9 Å². The number of hydrogen-bond donors (Lipinski definition) is 1. The summed E-state index contributed by atoms with van der Waals surface area (Å²) in [5.74, 6) is 0.715. The number of benzene rings is 1. The topological polar surface area (TPSA) is 38.3 Å². The standard InChI is InChI=1S/C15H23NO2/c1-6-11(3)16-15(17)13(5)18-14-9-7-8-10(2)12(14)4/h7-9,11,13H,6H2,1-5H3,(H,16,17)/t11-,13-/m0/s1. The van der Waals surface area contributed by atoms with Crippen LogP contribution in [0.5, 0.6) is 5.75 Å². The fourth-order valence-corrected chi connectivity index (χ4v) is 1.56. The number of aryl methyl sites for hydroxylation is 1. The molecule has 0 saturated carbocycles. The van der Waals surface area contributed by atoms with Crippen molar-refractivity contribution >= 4 is 5.91 Å². The highest BCUT2D eigenvalue weighted by Crippen LogP contribution is 2.21. The molecule has 0 aliphatic heterocycles. The van der Waals surface area contributed by atoms with Crippen LogP contribution in [0.1, 0.15) is 38.3 Å². The van der Waals surface area contributed by atoms with Gasteiger partial charge in [0.05, 0.1) is 0 Å². The zero-order valence-electron chi connectivity index (χ0n) is 11.9. The van der Waals surface area contributed by atoms with E-state index in [1.54, 1.807) is 6.92 Å². The third kappa shape index (κ3) is 3.76. The Balaban J connectivity index is 2.67. The Bertz CT molecular complexity index is 415. The summed E-state index contributed by atoms with van der Waals surface area (Å²) in [6, 6.07) is 6.06. The second-order valence-corrected chi connectivity index (χ2v) is 4.78. The van der Waals surface area contributed by atoms with Crippen LogP contribution in [-0.4, -0.2) is 18.1 Å². The van der Waals surface area contributed by atoms with Crippen LogP contribution >= 0.6 is 0 Å². The van der Waals surface area contributed by atoms with E-state index in [4.69, 9.17) is 4.74 Å². The second-order valence-electron chi connectivity index (χ2n) is 4.78. The highest BCUT2D eigenvalue weighted by atomic mass is 16.5. The summed E-state index contributed by atoms with van der Waals surface area (Å²) in [5, 5.41) is 2.92. The average molecular weight is 249 g/mol. The molecule has 18 heavy (non-hydrogen) atoms. The van der Waals surface area contributed by atoms with Gasteiger partial charge in [0.15, 0.2) is 6.10 Å². The van der Waals surface area contributed by atoms with Crippen LogP contribution in [0.25, 0.3) is 0 Å². The molecule has 2 atom stereocenters. The van der Waals surface area contributed by atoms with Crippen molar-refractivity contribution in [3.63, 3.8) is 0 Å². The molecule has 0 aliphatic rings. The monoisotopic (exact) mass is 249 g/mol. The van der Waals surface area contributed by atoms with Crippen LogP contribution in [0.2, 0.25) is 0 Å². The molecule has 0 bridgehead atoms. The predicted octanol–water partition coefficient (Wildman–Crippen LogP) is 2.99. The SMILES string of the molecule is CC[C@H](C)NC(=O)[C@H](C)Oc1cccc(C)c1C. The highest BCUT2D eigenvalue weighted by Gasteiger charge is 2.17. The molecule has 1 N–H and O–H groups in total. The maximum absolute atomic E-state index is 11.9. The number of carbonyl (C=O) groups is 1. The molecule has 0 fully saturated rings. The first-order valence-corrected chi connectivity index (χ1v) is 6.49. The van der Waals surface area contributed by atoms with E-state index in [1.807, 2.05) is 45.9 Å². The molecule has 1 rings (SSSR count). The van der Waals surface area contributed by atoms with Crippen molar-refractivity contribution in [3.8, 4) is 5.75 Å². The molecule has 3 heteroatoms. The minimum absolute atomic E-state index is 0.0646. The lowest BCUT2D eigenvalue weighted by molar-refractivity contribution is -0.127. The van der Waals surface area contributed by atoms with Crippen molar-refractivity contribution in [1.29, 1.82) is 0 Å². The molecule has 0 aromatic heterocycles. The van der Waals surface area contributed by atoms with Crippen molar-refractivity contribution in [3.05, 3.63) is 29.3 Å². The Morgan fingerprint density at radius 1 is 1.33 bits per heavy atom. The predicted molar refractivity (Wildman–Crippen MR) is 73.9 cm³/mol.